The van der Waals surface area contributed by atoms with Crippen molar-refractivity contribution >= 4 is 17.6 Å². The summed E-state index contributed by atoms with van der Waals surface area (Å²) in [5.41, 5.74) is 0. The molecule has 0 aromatic heterocycles. The number of ketones is 1. The van der Waals surface area contributed by atoms with Gasteiger partial charge < -0.3 is 15.0 Å². The van der Waals surface area contributed by atoms with Crippen LogP contribution in [0, 0.1) is 11.8 Å². The van der Waals surface area contributed by atoms with Crippen LogP contribution in [0.1, 0.15) is 93.4 Å². The van der Waals surface area contributed by atoms with Crippen LogP contribution < -0.4 is 5.32 Å². The van der Waals surface area contributed by atoms with Crippen LogP contribution in [0.3, 0.4) is 0 Å². The van der Waals surface area contributed by atoms with E-state index in [1.54, 1.807) is 18.9 Å². The van der Waals surface area contributed by atoms with E-state index in [-0.39, 0.29) is 23.8 Å². The van der Waals surface area contributed by atoms with Gasteiger partial charge in [0.2, 0.25) is 11.8 Å². The summed E-state index contributed by atoms with van der Waals surface area (Å²) in [6.45, 7) is 14.8. The van der Waals surface area contributed by atoms with E-state index in [2.05, 4.69) is 26.1 Å². The zero-order valence-electron chi connectivity index (χ0n) is 19.1. The molecule has 2 amide bonds. The normalized spacial score (nSPS) is 16.6. The van der Waals surface area contributed by atoms with Crippen molar-refractivity contribution < 1.29 is 14.4 Å². The van der Waals surface area contributed by atoms with Crippen molar-refractivity contribution in [2.24, 2.45) is 11.8 Å². The quantitative estimate of drug-likeness (QED) is 0.666. The molecule has 0 bridgehead atoms. The van der Waals surface area contributed by atoms with E-state index < -0.39 is 0 Å². The highest BCUT2D eigenvalue weighted by atomic mass is 16.2. The number of carbonyl (C=O) groups excluding carboxylic acids is 3. The van der Waals surface area contributed by atoms with Gasteiger partial charge in [-0.25, -0.2) is 0 Å². The SMILES string of the molecule is CC.CC(=O)CCC(C)C.CCCC(CC)C(=O)N1CCC[C@H]1C(=O)NC. The minimum absolute atomic E-state index is 0.0257. The van der Waals surface area contributed by atoms with Gasteiger partial charge in [-0.05, 0) is 44.9 Å². The molecule has 1 aliphatic heterocycles. The van der Waals surface area contributed by atoms with Crippen molar-refractivity contribution in [3.05, 3.63) is 0 Å². The van der Waals surface area contributed by atoms with Crippen molar-refractivity contribution in [2.75, 3.05) is 13.6 Å². The first kappa shape index (κ1) is 27.8. The van der Waals surface area contributed by atoms with Crippen molar-refractivity contribution in [3.8, 4) is 0 Å². The van der Waals surface area contributed by atoms with Crippen LogP contribution in [0.25, 0.3) is 0 Å². The number of likely N-dealkylation sites (tertiary alicyclic amines) is 1. The van der Waals surface area contributed by atoms with Gasteiger partial charge in [0.05, 0.1) is 0 Å². The first-order chi connectivity index (χ1) is 12.8. The lowest BCUT2D eigenvalue weighted by Gasteiger charge is -2.27. The maximum Gasteiger partial charge on any atom is 0.242 e. The fourth-order valence-electron chi connectivity index (χ4n) is 3.05. The fourth-order valence-corrected chi connectivity index (χ4v) is 3.05. The maximum atomic E-state index is 12.3. The first-order valence-corrected chi connectivity index (χ1v) is 10.8. The summed E-state index contributed by atoms with van der Waals surface area (Å²) in [5.74, 6) is 1.20. The minimum atomic E-state index is -0.238. The highest BCUT2D eigenvalue weighted by Gasteiger charge is 2.35. The summed E-state index contributed by atoms with van der Waals surface area (Å²) in [4.78, 5) is 36.2. The van der Waals surface area contributed by atoms with Gasteiger partial charge in [-0.3, -0.25) is 9.59 Å². The molecule has 5 heteroatoms. The van der Waals surface area contributed by atoms with E-state index in [4.69, 9.17) is 0 Å². The Bertz CT molecular complexity index is 422. The average molecular weight is 385 g/mol. The predicted octanol–water partition coefficient (Wildman–Crippen LogP) is 4.59. The molecular weight excluding hydrogens is 340 g/mol. The highest BCUT2D eigenvalue weighted by Crippen LogP contribution is 2.23. The van der Waals surface area contributed by atoms with Crippen molar-refractivity contribution in [1.29, 1.82) is 0 Å². The fraction of sp³-hybridized carbons (Fsp3) is 0.864. The second-order valence-electron chi connectivity index (χ2n) is 7.33. The number of Topliss-reactive ketones (excluding diaryl/α,β-unsaturated/α-hetero) is 1. The van der Waals surface area contributed by atoms with Crippen molar-refractivity contribution in [1.82, 2.24) is 10.2 Å². The Balaban J connectivity index is 0. The molecule has 0 aromatic carbocycles. The second-order valence-corrected chi connectivity index (χ2v) is 7.33. The Labute approximate surface area is 167 Å². The average Bonchev–Trinajstić information content (AvgIpc) is 3.15. The van der Waals surface area contributed by atoms with Gasteiger partial charge >= 0.3 is 0 Å². The van der Waals surface area contributed by atoms with E-state index >= 15 is 0 Å². The molecule has 0 radical (unpaired) electrons. The zero-order chi connectivity index (χ0) is 21.4. The third-order valence-electron chi connectivity index (χ3n) is 4.64. The van der Waals surface area contributed by atoms with Crippen LogP contribution in [0.15, 0.2) is 0 Å². The molecule has 1 rings (SSSR count). The number of nitrogens with one attached hydrogen (secondary N) is 1. The number of amides is 2. The molecule has 1 N–H and O–H groups in total. The first-order valence-electron chi connectivity index (χ1n) is 10.8. The number of hydrogen-bond acceptors (Lipinski definition) is 3. The summed E-state index contributed by atoms with van der Waals surface area (Å²) >= 11 is 0. The molecule has 1 saturated heterocycles. The van der Waals surface area contributed by atoms with Gasteiger partial charge in [-0.15, -0.1) is 0 Å². The summed E-state index contributed by atoms with van der Waals surface area (Å²) in [6, 6.07) is -0.238. The van der Waals surface area contributed by atoms with E-state index in [1.807, 2.05) is 20.8 Å². The standard InChI is InChI=1S/C13H24N2O2.C7H14O.C2H6/c1-4-7-10(5-2)13(17)15-9-6-8-11(15)12(16)14-3;1-6(2)4-5-7(3)8;1-2/h10-11H,4-9H2,1-3H3,(H,14,16);6H,4-5H2,1-3H3;1-2H3/t10?,11-;;/m0../s1. The molecule has 1 fully saturated rings. The Morgan fingerprint density at radius 1 is 1.11 bits per heavy atom. The smallest absolute Gasteiger partial charge is 0.242 e. The molecule has 0 saturated carbocycles. The summed E-state index contributed by atoms with van der Waals surface area (Å²) in [5, 5.41) is 2.65. The molecule has 1 aliphatic rings. The number of hydrogen-bond donors (Lipinski definition) is 1. The zero-order valence-corrected chi connectivity index (χ0v) is 19.1. The Morgan fingerprint density at radius 3 is 2.07 bits per heavy atom. The Hall–Kier alpha value is -1.39. The van der Waals surface area contributed by atoms with E-state index in [0.717, 1.165) is 51.5 Å². The van der Waals surface area contributed by atoms with Crippen LogP contribution in [0.4, 0.5) is 0 Å². The molecule has 0 spiro atoms. The Morgan fingerprint density at radius 2 is 1.70 bits per heavy atom. The van der Waals surface area contributed by atoms with Crippen molar-refractivity contribution in [2.45, 2.75) is 99.5 Å². The molecule has 2 atom stereocenters. The van der Waals surface area contributed by atoms with Gasteiger partial charge in [0.15, 0.2) is 0 Å². The van der Waals surface area contributed by atoms with Gasteiger partial charge in [-0.1, -0.05) is 48.0 Å². The predicted molar refractivity (Wildman–Crippen MR) is 114 cm³/mol. The largest absolute Gasteiger partial charge is 0.357 e. The maximum absolute atomic E-state index is 12.3. The van der Waals surface area contributed by atoms with Crippen LogP contribution in [-0.2, 0) is 14.4 Å². The van der Waals surface area contributed by atoms with Crippen LogP contribution >= 0.6 is 0 Å². The Kier molecular flexibility index (Phi) is 17.3. The summed E-state index contributed by atoms with van der Waals surface area (Å²) in [7, 11) is 1.63. The molecule has 1 unspecified atom stereocenters. The number of likely N-dealkylation sites (N-methyl/N-ethyl adjacent to an activating group) is 1. The molecular formula is C22H44N2O3. The number of rotatable bonds is 8. The topological polar surface area (TPSA) is 66.5 Å². The lowest BCUT2D eigenvalue weighted by molar-refractivity contribution is -0.141. The van der Waals surface area contributed by atoms with Crippen molar-refractivity contribution in [3.63, 3.8) is 0 Å². The lowest BCUT2D eigenvalue weighted by atomic mass is 9.98. The highest BCUT2D eigenvalue weighted by molar-refractivity contribution is 5.88. The molecule has 5 nitrogen and oxygen atoms in total. The lowest BCUT2D eigenvalue weighted by Crippen LogP contribution is -2.47. The molecule has 27 heavy (non-hydrogen) atoms. The number of carbonyl (C=O) groups is 3. The molecule has 1 heterocycles. The second kappa shape index (κ2) is 16.8. The molecule has 0 aliphatic carbocycles. The van der Waals surface area contributed by atoms with E-state index in [9.17, 15) is 14.4 Å². The van der Waals surface area contributed by atoms with Crippen LogP contribution in [0.2, 0.25) is 0 Å². The molecule has 0 aromatic rings. The third kappa shape index (κ3) is 11.8. The monoisotopic (exact) mass is 384 g/mol. The minimum Gasteiger partial charge on any atom is -0.357 e. The molecule has 160 valence electrons. The van der Waals surface area contributed by atoms with Crippen LogP contribution in [-0.4, -0.2) is 42.1 Å². The third-order valence-corrected chi connectivity index (χ3v) is 4.64. The van der Waals surface area contributed by atoms with Gasteiger partial charge in [0.1, 0.15) is 11.8 Å². The number of nitrogens with zero attached hydrogens (tertiary/aromatic N) is 1. The van der Waals surface area contributed by atoms with Gasteiger partial charge in [-0.2, -0.15) is 0 Å². The van der Waals surface area contributed by atoms with Gasteiger partial charge in [0.25, 0.3) is 0 Å². The summed E-state index contributed by atoms with van der Waals surface area (Å²) in [6.07, 6.45) is 6.33. The summed E-state index contributed by atoms with van der Waals surface area (Å²) < 4.78 is 0. The van der Waals surface area contributed by atoms with Crippen LogP contribution in [0.5, 0.6) is 0 Å². The van der Waals surface area contributed by atoms with Gasteiger partial charge in [0, 0.05) is 25.9 Å². The van der Waals surface area contributed by atoms with E-state index in [1.165, 1.54) is 0 Å². The van der Waals surface area contributed by atoms with E-state index in [0.29, 0.717) is 11.7 Å².